The second-order valence-corrected chi connectivity index (χ2v) is 7.82. The maximum Gasteiger partial charge on any atom is 0.243 e. The average molecular weight is 326 g/mol. The number of carbonyl (C=O) groups excluding carboxylic acids is 2. The summed E-state index contributed by atoms with van der Waals surface area (Å²) in [4.78, 5) is 25.3. The van der Waals surface area contributed by atoms with Crippen LogP contribution in [-0.4, -0.2) is 23.9 Å². The highest BCUT2D eigenvalue weighted by Crippen LogP contribution is 2.48. The van der Waals surface area contributed by atoms with Crippen LogP contribution >= 0.6 is 0 Å². The zero-order chi connectivity index (χ0) is 16.5. The summed E-state index contributed by atoms with van der Waals surface area (Å²) < 4.78 is 0. The second-order valence-electron chi connectivity index (χ2n) is 7.82. The summed E-state index contributed by atoms with van der Waals surface area (Å²) in [7, 11) is 0. The summed E-state index contributed by atoms with van der Waals surface area (Å²) in [6.07, 6.45) is 7.36. The van der Waals surface area contributed by atoms with Crippen molar-refractivity contribution in [2.45, 2.75) is 57.0 Å². The molecule has 4 unspecified atom stereocenters. The second kappa shape index (κ2) is 6.58. The number of fused-ring (bicyclic) bond motifs is 2. The summed E-state index contributed by atoms with van der Waals surface area (Å²) in [6, 6.07) is 9.81. The van der Waals surface area contributed by atoms with Gasteiger partial charge in [0.2, 0.25) is 11.8 Å². The predicted molar refractivity (Wildman–Crippen MR) is 92.2 cm³/mol. The van der Waals surface area contributed by atoms with E-state index < -0.39 is 6.04 Å². The monoisotopic (exact) mass is 326 g/mol. The zero-order valence-electron chi connectivity index (χ0n) is 14.0. The van der Waals surface area contributed by atoms with E-state index in [0.717, 1.165) is 30.7 Å². The lowest BCUT2D eigenvalue weighted by Gasteiger charge is -2.25. The Bertz CT molecular complexity index is 611. The lowest BCUT2D eigenvalue weighted by atomic mass is 9.88. The molecule has 3 aliphatic carbocycles. The molecule has 1 aromatic carbocycles. The van der Waals surface area contributed by atoms with Crippen LogP contribution in [0.2, 0.25) is 0 Å². The Morgan fingerprint density at radius 2 is 1.83 bits per heavy atom. The van der Waals surface area contributed by atoms with Gasteiger partial charge in [-0.2, -0.15) is 0 Å². The molecule has 4 nitrogen and oxygen atoms in total. The number of benzene rings is 1. The van der Waals surface area contributed by atoms with Gasteiger partial charge in [-0.15, -0.1) is 0 Å². The van der Waals surface area contributed by atoms with Gasteiger partial charge >= 0.3 is 0 Å². The Balaban J connectivity index is 1.42. The van der Waals surface area contributed by atoms with Crippen LogP contribution in [0.3, 0.4) is 0 Å². The van der Waals surface area contributed by atoms with E-state index >= 15 is 0 Å². The van der Waals surface area contributed by atoms with Gasteiger partial charge in [-0.05, 0) is 49.5 Å². The molecule has 4 atom stereocenters. The Labute approximate surface area is 143 Å². The van der Waals surface area contributed by atoms with Gasteiger partial charge in [-0.3, -0.25) is 9.59 Å². The third-order valence-corrected chi connectivity index (χ3v) is 5.91. The topological polar surface area (TPSA) is 58.2 Å². The number of rotatable bonds is 6. The van der Waals surface area contributed by atoms with Gasteiger partial charge in [0.05, 0.1) is 0 Å². The summed E-state index contributed by atoms with van der Waals surface area (Å²) in [6.45, 7) is 0. The van der Waals surface area contributed by atoms with Crippen LogP contribution in [0.4, 0.5) is 0 Å². The van der Waals surface area contributed by atoms with E-state index in [1.54, 1.807) is 0 Å². The summed E-state index contributed by atoms with van der Waals surface area (Å²) in [5, 5.41) is 6.12. The maximum absolute atomic E-state index is 12.8. The Morgan fingerprint density at radius 3 is 2.46 bits per heavy atom. The first-order valence-corrected chi connectivity index (χ1v) is 9.33. The van der Waals surface area contributed by atoms with Crippen LogP contribution in [0.1, 0.15) is 44.1 Å². The minimum absolute atomic E-state index is 0.0298. The quantitative estimate of drug-likeness (QED) is 0.843. The molecule has 3 fully saturated rings. The molecule has 2 N–H and O–H groups in total. The van der Waals surface area contributed by atoms with E-state index in [0.29, 0.717) is 18.4 Å². The minimum atomic E-state index is -0.459. The van der Waals surface area contributed by atoms with Crippen LogP contribution in [0, 0.1) is 17.8 Å². The van der Waals surface area contributed by atoms with Gasteiger partial charge in [0.1, 0.15) is 6.04 Å². The van der Waals surface area contributed by atoms with Crippen molar-refractivity contribution in [3.05, 3.63) is 35.9 Å². The molecule has 2 amide bonds. The van der Waals surface area contributed by atoms with Gasteiger partial charge in [0.25, 0.3) is 0 Å². The SMILES string of the molecule is O=C(NC1CC1)C(Cc1ccccc1)NC(=O)C1CC2CCC1C2. The normalized spacial score (nSPS) is 29.2. The highest BCUT2D eigenvalue weighted by molar-refractivity contribution is 5.89. The Morgan fingerprint density at radius 1 is 1.04 bits per heavy atom. The Kier molecular flexibility index (Phi) is 4.30. The fraction of sp³-hybridized carbons (Fsp3) is 0.600. The van der Waals surface area contributed by atoms with E-state index in [4.69, 9.17) is 0 Å². The highest BCUT2D eigenvalue weighted by Gasteiger charge is 2.43. The van der Waals surface area contributed by atoms with Gasteiger partial charge in [-0.25, -0.2) is 0 Å². The van der Waals surface area contributed by atoms with Crippen molar-refractivity contribution in [2.75, 3.05) is 0 Å². The molecule has 4 heteroatoms. The molecular weight excluding hydrogens is 300 g/mol. The van der Waals surface area contributed by atoms with Crippen LogP contribution in [0.25, 0.3) is 0 Å². The van der Waals surface area contributed by atoms with Crippen molar-refractivity contribution in [2.24, 2.45) is 17.8 Å². The third kappa shape index (κ3) is 3.47. The van der Waals surface area contributed by atoms with Gasteiger partial charge in [-0.1, -0.05) is 36.8 Å². The van der Waals surface area contributed by atoms with Crippen molar-refractivity contribution >= 4 is 11.8 Å². The summed E-state index contributed by atoms with van der Waals surface area (Å²) in [5.41, 5.74) is 1.08. The lowest BCUT2D eigenvalue weighted by molar-refractivity contribution is -0.132. The molecule has 2 bridgehead atoms. The van der Waals surface area contributed by atoms with Crippen molar-refractivity contribution in [1.29, 1.82) is 0 Å². The van der Waals surface area contributed by atoms with Crippen molar-refractivity contribution in [3.8, 4) is 0 Å². The summed E-state index contributed by atoms with van der Waals surface area (Å²) >= 11 is 0. The van der Waals surface area contributed by atoms with Crippen LogP contribution in [-0.2, 0) is 16.0 Å². The molecule has 3 aliphatic rings. The molecule has 0 radical (unpaired) electrons. The first-order valence-electron chi connectivity index (χ1n) is 9.33. The van der Waals surface area contributed by atoms with Crippen LogP contribution in [0.5, 0.6) is 0 Å². The van der Waals surface area contributed by atoms with Crippen molar-refractivity contribution < 1.29 is 9.59 Å². The molecule has 0 heterocycles. The zero-order valence-corrected chi connectivity index (χ0v) is 14.0. The first kappa shape index (κ1) is 15.7. The number of hydrogen-bond donors (Lipinski definition) is 2. The molecule has 1 aromatic rings. The van der Waals surface area contributed by atoms with Gasteiger partial charge in [0.15, 0.2) is 0 Å². The van der Waals surface area contributed by atoms with Crippen molar-refractivity contribution in [3.63, 3.8) is 0 Å². The van der Waals surface area contributed by atoms with Gasteiger partial charge < -0.3 is 10.6 Å². The summed E-state index contributed by atoms with van der Waals surface area (Å²) in [5.74, 6) is 1.46. The van der Waals surface area contributed by atoms with E-state index in [1.807, 2.05) is 30.3 Å². The minimum Gasteiger partial charge on any atom is -0.352 e. The molecule has 3 saturated carbocycles. The molecule has 4 rings (SSSR count). The predicted octanol–water partition coefficient (Wildman–Crippen LogP) is 2.43. The van der Waals surface area contributed by atoms with Gasteiger partial charge in [0, 0.05) is 18.4 Å². The standard InChI is InChI=1S/C20H26N2O2/c23-19(17-11-14-6-7-15(17)10-14)22-18(20(24)21-16-8-9-16)12-13-4-2-1-3-5-13/h1-5,14-18H,6-12H2,(H,21,24)(H,22,23). The molecule has 128 valence electrons. The van der Waals surface area contributed by atoms with E-state index in [9.17, 15) is 9.59 Å². The molecule has 0 aliphatic heterocycles. The van der Waals surface area contributed by atoms with E-state index in [-0.39, 0.29) is 17.7 Å². The first-order chi connectivity index (χ1) is 11.7. The highest BCUT2D eigenvalue weighted by atomic mass is 16.2. The smallest absolute Gasteiger partial charge is 0.243 e. The molecule has 24 heavy (non-hydrogen) atoms. The number of amides is 2. The molecule has 0 spiro atoms. The number of nitrogens with one attached hydrogen (secondary N) is 2. The van der Waals surface area contributed by atoms with Crippen LogP contribution < -0.4 is 10.6 Å². The molecule has 0 aromatic heterocycles. The fourth-order valence-corrected chi connectivity index (χ4v) is 4.43. The third-order valence-electron chi connectivity index (χ3n) is 5.91. The lowest BCUT2D eigenvalue weighted by Crippen LogP contribution is -2.50. The average Bonchev–Trinajstić information content (AvgIpc) is 3.15. The number of hydrogen-bond acceptors (Lipinski definition) is 2. The Hall–Kier alpha value is -1.84. The van der Waals surface area contributed by atoms with Crippen LogP contribution in [0.15, 0.2) is 30.3 Å². The maximum atomic E-state index is 12.8. The fourth-order valence-electron chi connectivity index (χ4n) is 4.43. The molecule has 0 saturated heterocycles. The number of carbonyl (C=O) groups is 2. The van der Waals surface area contributed by atoms with E-state index in [2.05, 4.69) is 10.6 Å². The van der Waals surface area contributed by atoms with Crippen molar-refractivity contribution in [1.82, 2.24) is 10.6 Å². The largest absolute Gasteiger partial charge is 0.352 e. The molecular formula is C20H26N2O2. The van der Waals surface area contributed by atoms with E-state index in [1.165, 1.54) is 19.3 Å².